The molecule has 0 aliphatic heterocycles. The van der Waals surface area contributed by atoms with Gasteiger partial charge in [0, 0.05) is 0 Å². The number of ether oxygens (including phenoxy) is 1. The van der Waals surface area contributed by atoms with E-state index in [2.05, 4.69) is 18.2 Å². The summed E-state index contributed by atoms with van der Waals surface area (Å²) in [6, 6.07) is 25.9. The van der Waals surface area contributed by atoms with E-state index in [9.17, 15) is 4.79 Å². The van der Waals surface area contributed by atoms with Gasteiger partial charge >= 0.3 is 12.1 Å². The molecule has 5 heteroatoms. The Labute approximate surface area is 157 Å². The number of hydrogen-bond donors (Lipinski definition) is 2. The zero-order valence-electron chi connectivity index (χ0n) is 14.8. The molecule has 0 fully saturated rings. The summed E-state index contributed by atoms with van der Waals surface area (Å²) in [5, 5.41) is 13.9. The lowest BCUT2D eigenvalue weighted by atomic mass is 9.92. The Morgan fingerprint density at radius 2 is 1.22 bits per heavy atom. The highest BCUT2D eigenvalue weighted by Gasteiger charge is 2.15. The van der Waals surface area contributed by atoms with Gasteiger partial charge in [0.2, 0.25) is 0 Å². The average Bonchev–Trinajstić information content (AvgIpc) is 2.68. The van der Waals surface area contributed by atoms with Crippen molar-refractivity contribution in [1.29, 1.82) is 0 Å². The van der Waals surface area contributed by atoms with Crippen molar-refractivity contribution in [2.75, 3.05) is 6.61 Å². The van der Waals surface area contributed by atoms with Crippen molar-refractivity contribution >= 4 is 12.1 Å². The Morgan fingerprint density at radius 1 is 0.741 bits per heavy atom. The van der Waals surface area contributed by atoms with Gasteiger partial charge in [-0.2, -0.15) is 0 Å². The van der Waals surface area contributed by atoms with Crippen LogP contribution in [0.15, 0.2) is 78.9 Å². The van der Waals surface area contributed by atoms with Crippen LogP contribution in [0.25, 0.3) is 22.3 Å². The minimum Gasteiger partial charge on any atom is -0.462 e. The molecule has 0 spiro atoms. The van der Waals surface area contributed by atoms with Gasteiger partial charge in [0.1, 0.15) is 0 Å². The lowest BCUT2D eigenvalue weighted by Crippen LogP contribution is -2.06. The highest BCUT2D eigenvalue weighted by Crippen LogP contribution is 2.34. The van der Waals surface area contributed by atoms with E-state index in [0.29, 0.717) is 12.2 Å². The minimum atomic E-state index is -1.83. The van der Waals surface area contributed by atoms with Crippen molar-refractivity contribution in [3.05, 3.63) is 84.4 Å². The van der Waals surface area contributed by atoms with Gasteiger partial charge < -0.3 is 14.9 Å². The Balaban J connectivity index is 0.000000596. The first-order chi connectivity index (χ1) is 13.0. The second-order valence-corrected chi connectivity index (χ2v) is 5.46. The van der Waals surface area contributed by atoms with Crippen LogP contribution in [0.3, 0.4) is 0 Å². The standard InChI is InChI=1S/C21H18O2.CH2O3/c1-2-23-21(22)20-15-9-8-14-19(20)18-13-7-6-12-17(18)16-10-4-3-5-11-16;2-1(3)4/h3-15H,2H2,1H3;(H2,2,3,4). The molecule has 0 atom stereocenters. The molecule has 5 nitrogen and oxygen atoms in total. The number of hydrogen-bond acceptors (Lipinski definition) is 3. The Bertz CT molecular complexity index is 899. The van der Waals surface area contributed by atoms with Gasteiger partial charge in [0.25, 0.3) is 0 Å². The fourth-order valence-corrected chi connectivity index (χ4v) is 2.69. The molecule has 2 N–H and O–H groups in total. The van der Waals surface area contributed by atoms with Gasteiger partial charge in [-0.15, -0.1) is 0 Å². The fourth-order valence-electron chi connectivity index (χ4n) is 2.69. The van der Waals surface area contributed by atoms with E-state index in [1.165, 1.54) is 0 Å². The summed E-state index contributed by atoms with van der Waals surface area (Å²) >= 11 is 0. The predicted octanol–water partition coefficient (Wildman–Crippen LogP) is 5.42. The van der Waals surface area contributed by atoms with Crippen LogP contribution in [0, 0.1) is 0 Å². The van der Waals surface area contributed by atoms with Gasteiger partial charge in [0.15, 0.2) is 0 Å². The van der Waals surface area contributed by atoms with Crippen LogP contribution < -0.4 is 0 Å². The van der Waals surface area contributed by atoms with Crippen LogP contribution in [0.4, 0.5) is 4.79 Å². The Kier molecular flexibility index (Phi) is 7.14. The van der Waals surface area contributed by atoms with Crippen molar-refractivity contribution in [3.8, 4) is 22.3 Å². The molecule has 0 saturated carbocycles. The van der Waals surface area contributed by atoms with Crippen molar-refractivity contribution in [3.63, 3.8) is 0 Å². The number of esters is 1. The van der Waals surface area contributed by atoms with Crippen molar-refractivity contribution < 1.29 is 24.5 Å². The summed E-state index contributed by atoms with van der Waals surface area (Å²) in [5.74, 6) is -0.286. The maximum Gasteiger partial charge on any atom is 0.503 e. The van der Waals surface area contributed by atoms with Gasteiger partial charge in [-0.1, -0.05) is 72.8 Å². The smallest absolute Gasteiger partial charge is 0.462 e. The Morgan fingerprint density at radius 3 is 1.81 bits per heavy atom. The van der Waals surface area contributed by atoms with E-state index in [1.807, 2.05) is 67.6 Å². The number of rotatable bonds is 4. The number of carboxylic acid groups (broad SMARTS) is 2. The largest absolute Gasteiger partial charge is 0.503 e. The maximum atomic E-state index is 12.3. The topological polar surface area (TPSA) is 83.8 Å². The van der Waals surface area contributed by atoms with E-state index in [4.69, 9.17) is 19.7 Å². The van der Waals surface area contributed by atoms with E-state index < -0.39 is 6.16 Å². The predicted molar refractivity (Wildman–Crippen MR) is 104 cm³/mol. The summed E-state index contributed by atoms with van der Waals surface area (Å²) in [7, 11) is 0. The van der Waals surface area contributed by atoms with Gasteiger partial charge in [0.05, 0.1) is 12.2 Å². The SMILES string of the molecule is CCOC(=O)c1ccccc1-c1ccccc1-c1ccccc1.O=C(O)O. The van der Waals surface area contributed by atoms with E-state index >= 15 is 0 Å². The number of benzene rings is 3. The third kappa shape index (κ3) is 5.44. The molecule has 3 rings (SSSR count). The van der Waals surface area contributed by atoms with Crippen LogP contribution >= 0.6 is 0 Å². The summed E-state index contributed by atoms with van der Waals surface area (Å²) in [6.07, 6.45) is -1.83. The molecule has 0 heterocycles. The maximum absolute atomic E-state index is 12.3. The molecular formula is C22H20O5. The molecule has 0 aliphatic carbocycles. The zero-order valence-corrected chi connectivity index (χ0v) is 14.8. The molecule has 0 aromatic heterocycles. The monoisotopic (exact) mass is 364 g/mol. The van der Waals surface area contributed by atoms with Crippen LogP contribution in [0.5, 0.6) is 0 Å². The molecule has 0 aliphatic rings. The minimum absolute atomic E-state index is 0.286. The second kappa shape index (κ2) is 9.77. The number of carbonyl (C=O) groups excluding carboxylic acids is 1. The van der Waals surface area contributed by atoms with Gasteiger partial charge in [-0.05, 0) is 35.2 Å². The zero-order chi connectivity index (χ0) is 19.6. The molecule has 0 bridgehead atoms. The molecular weight excluding hydrogens is 344 g/mol. The van der Waals surface area contributed by atoms with Crippen LogP contribution in [-0.2, 0) is 4.74 Å². The van der Waals surface area contributed by atoms with Crippen LogP contribution in [0.2, 0.25) is 0 Å². The molecule has 27 heavy (non-hydrogen) atoms. The third-order valence-electron chi connectivity index (χ3n) is 3.72. The highest BCUT2D eigenvalue weighted by atomic mass is 16.6. The van der Waals surface area contributed by atoms with Gasteiger partial charge in [-0.25, -0.2) is 9.59 Å². The lowest BCUT2D eigenvalue weighted by molar-refractivity contribution is 0.0527. The van der Waals surface area contributed by atoms with Gasteiger partial charge in [-0.3, -0.25) is 0 Å². The first kappa shape index (κ1) is 19.7. The van der Waals surface area contributed by atoms with E-state index in [-0.39, 0.29) is 5.97 Å². The second-order valence-electron chi connectivity index (χ2n) is 5.46. The van der Waals surface area contributed by atoms with E-state index in [1.54, 1.807) is 0 Å². The molecule has 3 aromatic carbocycles. The summed E-state index contributed by atoms with van der Waals surface area (Å²) in [6.45, 7) is 2.19. The molecule has 138 valence electrons. The summed E-state index contributed by atoms with van der Waals surface area (Å²) in [4.78, 5) is 20.8. The molecule has 0 unspecified atom stereocenters. The Hall–Kier alpha value is -3.60. The first-order valence-corrected chi connectivity index (χ1v) is 8.37. The third-order valence-corrected chi connectivity index (χ3v) is 3.72. The molecule has 3 aromatic rings. The van der Waals surface area contributed by atoms with Crippen molar-refractivity contribution in [1.82, 2.24) is 0 Å². The first-order valence-electron chi connectivity index (χ1n) is 8.37. The number of carbonyl (C=O) groups is 2. The summed E-state index contributed by atoms with van der Waals surface area (Å²) in [5.41, 5.74) is 4.75. The van der Waals surface area contributed by atoms with Crippen molar-refractivity contribution in [2.45, 2.75) is 6.92 Å². The van der Waals surface area contributed by atoms with Crippen LogP contribution in [-0.4, -0.2) is 28.9 Å². The van der Waals surface area contributed by atoms with E-state index in [0.717, 1.165) is 22.3 Å². The lowest BCUT2D eigenvalue weighted by Gasteiger charge is -2.13. The summed E-state index contributed by atoms with van der Waals surface area (Å²) < 4.78 is 5.20. The molecule has 0 saturated heterocycles. The fraction of sp³-hybridized carbons (Fsp3) is 0.0909. The molecule has 0 radical (unpaired) electrons. The quantitative estimate of drug-likeness (QED) is 0.604. The molecule has 0 amide bonds. The van der Waals surface area contributed by atoms with Crippen LogP contribution in [0.1, 0.15) is 17.3 Å². The van der Waals surface area contributed by atoms with Crippen molar-refractivity contribution in [2.24, 2.45) is 0 Å². The normalized spacial score (nSPS) is 9.67. The average molecular weight is 364 g/mol. The highest BCUT2D eigenvalue weighted by molar-refractivity contribution is 5.99.